The summed E-state index contributed by atoms with van der Waals surface area (Å²) in [5, 5.41) is 4.36. The highest BCUT2D eigenvalue weighted by Crippen LogP contribution is 2.36. The summed E-state index contributed by atoms with van der Waals surface area (Å²) in [6.45, 7) is 2.82. The molecule has 0 unspecified atom stereocenters. The van der Waals surface area contributed by atoms with E-state index in [-0.39, 0.29) is 11.8 Å². The molecule has 1 N–H and O–H groups in total. The number of nitrogens with one attached hydrogen (secondary N) is 1. The first kappa shape index (κ1) is 18.9. The molecule has 1 fully saturated rings. The van der Waals surface area contributed by atoms with Crippen molar-refractivity contribution in [3.63, 3.8) is 0 Å². The lowest BCUT2D eigenvalue weighted by molar-refractivity contribution is -0.117. The number of carbonyl (C=O) groups excluding carboxylic acids is 2. The van der Waals surface area contributed by atoms with Gasteiger partial charge >= 0.3 is 0 Å². The first-order valence-corrected chi connectivity index (χ1v) is 10.3. The van der Waals surface area contributed by atoms with Crippen LogP contribution in [0.15, 0.2) is 54.6 Å². The number of hydrogen-bond donors (Lipinski definition) is 1. The Morgan fingerprint density at radius 3 is 2.36 bits per heavy atom. The van der Waals surface area contributed by atoms with Crippen molar-refractivity contribution >= 4 is 50.5 Å². The van der Waals surface area contributed by atoms with E-state index in [9.17, 15) is 9.59 Å². The van der Waals surface area contributed by atoms with Crippen LogP contribution in [0.25, 0.3) is 10.1 Å². The fraction of sp³-hybridized carbons (Fsp3) is 0.238. The molecule has 0 atom stereocenters. The number of piperazine rings is 1. The molecule has 1 aliphatic heterocycles. The molecule has 4 rings (SSSR count). The molecule has 28 heavy (non-hydrogen) atoms. The molecule has 2 amide bonds. The van der Waals surface area contributed by atoms with E-state index in [0.717, 1.165) is 15.8 Å². The van der Waals surface area contributed by atoms with Crippen LogP contribution in [0, 0.1) is 0 Å². The highest BCUT2D eigenvalue weighted by molar-refractivity contribution is 7.21. The van der Waals surface area contributed by atoms with Gasteiger partial charge in [0, 0.05) is 42.0 Å². The summed E-state index contributed by atoms with van der Waals surface area (Å²) in [5.41, 5.74) is 0.792. The van der Waals surface area contributed by atoms with Crippen molar-refractivity contribution in [3.8, 4) is 0 Å². The van der Waals surface area contributed by atoms with Crippen molar-refractivity contribution in [2.24, 2.45) is 0 Å². The number of halogens is 1. The number of anilines is 1. The Morgan fingerprint density at radius 1 is 0.964 bits per heavy atom. The van der Waals surface area contributed by atoms with Gasteiger partial charge in [-0.2, -0.15) is 0 Å². The largest absolute Gasteiger partial charge is 0.335 e. The smallest absolute Gasteiger partial charge is 0.265 e. The summed E-state index contributed by atoms with van der Waals surface area (Å²) in [7, 11) is 0. The van der Waals surface area contributed by atoms with Crippen molar-refractivity contribution in [2.45, 2.75) is 0 Å². The summed E-state index contributed by atoms with van der Waals surface area (Å²) in [6, 6.07) is 17.2. The van der Waals surface area contributed by atoms with Crippen LogP contribution in [0.3, 0.4) is 0 Å². The average Bonchev–Trinajstić information content (AvgIpc) is 3.05. The van der Waals surface area contributed by atoms with Crippen molar-refractivity contribution in [1.29, 1.82) is 0 Å². The van der Waals surface area contributed by atoms with Crippen LogP contribution in [0.2, 0.25) is 5.02 Å². The van der Waals surface area contributed by atoms with Crippen LogP contribution in [0.1, 0.15) is 9.67 Å². The van der Waals surface area contributed by atoms with E-state index < -0.39 is 0 Å². The molecule has 1 aliphatic rings. The lowest BCUT2D eigenvalue weighted by Gasteiger charge is -2.34. The zero-order chi connectivity index (χ0) is 19.5. The number of carbonyl (C=O) groups is 2. The maximum Gasteiger partial charge on any atom is 0.265 e. The molecule has 5 nitrogen and oxygen atoms in total. The number of rotatable bonds is 4. The lowest BCUT2D eigenvalue weighted by Crippen LogP contribution is -2.50. The minimum absolute atomic E-state index is 0.0282. The Morgan fingerprint density at radius 2 is 1.64 bits per heavy atom. The molecule has 0 radical (unpaired) electrons. The Balaban J connectivity index is 1.34. The summed E-state index contributed by atoms with van der Waals surface area (Å²) >= 11 is 7.88. The van der Waals surface area contributed by atoms with Crippen molar-refractivity contribution in [2.75, 3.05) is 38.0 Å². The molecule has 144 valence electrons. The summed E-state index contributed by atoms with van der Waals surface area (Å²) in [5.74, 6) is -0.0712. The van der Waals surface area contributed by atoms with Gasteiger partial charge in [0.25, 0.3) is 5.91 Å². The van der Waals surface area contributed by atoms with Gasteiger partial charge < -0.3 is 10.2 Å². The number of para-hydroxylation sites is 1. The normalized spacial score (nSPS) is 15.0. The van der Waals surface area contributed by atoms with Gasteiger partial charge in [0.2, 0.25) is 5.91 Å². The van der Waals surface area contributed by atoms with E-state index in [2.05, 4.69) is 10.2 Å². The Hall–Kier alpha value is -2.41. The van der Waals surface area contributed by atoms with Gasteiger partial charge in [0.1, 0.15) is 4.88 Å². The molecule has 0 bridgehead atoms. The highest BCUT2D eigenvalue weighted by Gasteiger charge is 2.26. The maximum atomic E-state index is 12.9. The van der Waals surface area contributed by atoms with E-state index in [1.54, 1.807) is 0 Å². The van der Waals surface area contributed by atoms with Crippen LogP contribution in [0.4, 0.5) is 5.69 Å². The lowest BCUT2D eigenvalue weighted by atomic mass is 10.2. The third kappa shape index (κ3) is 4.04. The molecule has 0 aliphatic carbocycles. The maximum absolute atomic E-state index is 12.9. The number of benzene rings is 2. The molecule has 1 aromatic heterocycles. The van der Waals surface area contributed by atoms with Crippen LogP contribution in [-0.2, 0) is 4.79 Å². The van der Waals surface area contributed by atoms with Crippen LogP contribution < -0.4 is 5.32 Å². The van der Waals surface area contributed by atoms with Gasteiger partial charge in [-0.05, 0) is 18.2 Å². The van der Waals surface area contributed by atoms with Crippen LogP contribution >= 0.6 is 22.9 Å². The highest BCUT2D eigenvalue weighted by atomic mass is 35.5. The number of hydrogen-bond acceptors (Lipinski definition) is 4. The second-order valence-electron chi connectivity index (χ2n) is 6.72. The van der Waals surface area contributed by atoms with Gasteiger partial charge in [-0.25, -0.2) is 0 Å². The van der Waals surface area contributed by atoms with E-state index in [4.69, 9.17) is 11.6 Å². The summed E-state index contributed by atoms with van der Waals surface area (Å²) in [6.07, 6.45) is 0. The Labute approximate surface area is 172 Å². The first-order valence-electron chi connectivity index (χ1n) is 9.15. The molecule has 0 saturated carbocycles. The minimum atomic E-state index is -0.0430. The van der Waals surface area contributed by atoms with Gasteiger partial charge in [-0.3, -0.25) is 14.5 Å². The fourth-order valence-corrected chi connectivity index (χ4v) is 4.81. The minimum Gasteiger partial charge on any atom is -0.335 e. The topological polar surface area (TPSA) is 52.7 Å². The molecule has 0 spiro atoms. The molecular weight excluding hydrogens is 394 g/mol. The fourth-order valence-electron chi connectivity index (χ4n) is 3.33. The van der Waals surface area contributed by atoms with Gasteiger partial charge in [-0.15, -0.1) is 11.3 Å². The summed E-state index contributed by atoms with van der Waals surface area (Å²) in [4.78, 5) is 29.6. The number of thiophene rings is 1. The van der Waals surface area contributed by atoms with Gasteiger partial charge in [-0.1, -0.05) is 48.0 Å². The molecule has 3 aromatic rings. The quantitative estimate of drug-likeness (QED) is 0.704. The zero-order valence-corrected chi connectivity index (χ0v) is 16.8. The summed E-state index contributed by atoms with van der Waals surface area (Å²) < 4.78 is 1.02. The van der Waals surface area contributed by atoms with E-state index in [0.29, 0.717) is 42.6 Å². The third-order valence-corrected chi connectivity index (χ3v) is 6.48. The second kappa shape index (κ2) is 8.31. The first-order chi connectivity index (χ1) is 13.6. The third-order valence-electron chi connectivity index (χ3n) is 4.81. The number of fused-ring (bicyclic) bond motifs is 1. The van der Waals surface area contributed by atoms with Crippen LogP contribution in [0.5, 0.6) is 0 Å². The standard InChI is InChI=1S/C21H20ClN3O2S/c22-19-16-8-4-5-9-17(16)28-20(19)21(27)25-12-10-24(11-13-25)14-18(26)23-15-6-2-1-3-7-15/h1-9H,10-14H2,(H,23,26). The predicted molar refractivity (Wildman–Crippen MR) is 114 cm³/mol. The van der Waals surface area contributed by atoms with E-state index >= 15 is 0 Å². The molecule has 7 heteroatoms. The Bertz CT molecular complexity index is 997. The SMILES string of the molecule is O=C(CN1CCN(C(=O)c2sc3ccccc3c2Cl)CC1)Nc1ccccc1. The van der Waals surface area contributed by atoms with Crippen molar-refractivity contribution in [3.05, 3.63) is 64.5 Å². The molecule has 2 aromatic carbocycles. The second-order valence-corrected chi connectivity index (χ2v) is 8.15. The Kier molecular flexibility index (Phi) is 5.62. The van der Waals surface area contributed by atoms with E-state index in [1.807, 2.05) is 59.5 Å². The molecule has 2 heterocycles. The number of amides is 2. The molecule has 1 saturated heterocycles. The van der Waals surface area contributed by atoms with Crippen molar-refractivity contribution in [1.82, 2.24) is 9.80 Å². The number of nitrogens with zero attached hydrogens (tertiary/aromatic N) is 2. The zero-order valence-electron chi connectivity index (χ0n) is 15.2. The van der Waals surface area contributed by atoms with Gasteiger partial charge in [0.05, 0.1) is 11.6 Å². The van der Waals surface area contributed by atoms with E-state index in [1.165, 1.54) is 11.3 Å². The van der Waals surface area contributed by atoms with Crippen molar-refractivity contribution < 1.29 is 9.59 Å². The van der Waals surface area contributed by atoms with Gasteiger partial charge in [0.15, 0.2) is 0 Å². The monoisotopic (exact) mass is 413 g/mol. The molecular formula is C21H20ClN3O2S. The van der Waals surface area contributed by atoms with Crippen LogP contribution in [-0.4, -0.2) is 54.3 Å². The average molecular weight is 414 g/mol. The predicted octanol–water partition coefficient (Wildman–Crippen LogP) is 3.95.